The van der Waals surface area contributed by atoms with Gasteiger partial charge in [-0.2, -0.15) is 5.26 Å². The fourth-order valence-corrected chi connectivity index (χ4v) is 2.90. The van der Waals surface area contributed by atoms with Crippen LogP contribution in [0.4, 0.5) is 5.69 Å². The van der Waals surface area contributed by atoms with Crippen molar-refractivity contribution in [2.45, 2.75) is 19.9 Å². The fraction of sp³-hybridized carbons (Fsp3) is 0.182. The molecule has 3 rings (SSSR count). The average molecular weight is 344 g/mol. The van der Waals surface area contributed by atoms with Gasteiger partial charge in [-0.15, -0.1) is 0 Å². The van der Waals surface area contributed by atoms with Gasteiger partial charge in [0.05, 0.1) is 11.3 Å². The molecule has 2 aromatic carbocycles. The molecule has 0 bridgehead atoms. The molecule has 0 saturated heterocycles. The van der Waals surface area contributed by atoms with Crippen molar-refractivity contribution in [3.8, 4) is 28.5 Å². The van der Waals surface area contributed by atoms with E-state index in [1.807, 2.05) is 92.5 Å². The minimum Gasteiger partial charge on any atom is -0.421 e. The van der Waals surface area contributed by atoms with Gasteiger partial charge in [0, 0.05) is 18.7 Å². The topological polar surface area (TPSA) is 57.2 Å². The van der Waals surface area contributed by atoms with Gasteiger partial charge in [-0.3, -0.25) is 0 Å². The summed E-state index contributed by atoms with van der Waals surface area (Å²) in [6.07, 6.45) is 0. The summed E-state index contributed by atoms with van der Waals surface area (Å²) in [5, 5.41) is 9.63. The highest BCUT2D eigenvalue weighted by molar-refractivity contribution is 5.91. The fourth-order valence-electron chi connectivity index (χ4n) is 2.90. The van der Waals surface area contributed by atoms with Crippen molar-refractivity contribution in [1.82, 2.24) is 0 Å². The molecule has 0 spiro atoms. The first-order chi connectivity index (χ1) is 12.5. The molecule has 0 fully saturated rings. The Morgan fingerprint density at radius 3 is 2.00 bits per heavy atom. The van der Waals surface area contributed by atoms with Crippen molar-refractivity contribution in [1.29, 1.82) is 5.26 Å². The van der Waals surface area contributed by atoms with E-state index in [4.69, 9.17) is 4.42 Å². The molecule has 4 heteroatoms. The number of hydrogen-bond acceptors (Lipinski definition) is 4. The molecule has 1 heterocycles. The first-order valence-corrected chi connectivity index (χ1v) is 8.49. The lowest BCUT2D eigenvalue weighted by molar-refractivity contribution is 0.524. The molecule has 0 aliphatic rings. The molecule has 0 amide bonds. The van der Waals surface area contributed by atoms with Crippen LogP contribution in [-0.2, 0) is 0 Å². The molecule has 0 aliphatic carbocycles. The van der Waals surface area contributed by atoms with E-state index in [2.05, 4.69) is 0 Å². The Morgan fingerprint density at radius 1 is 0.962 bits per heavy atom. The Balaban J connectivity index is 2.47. The highest BCUT2D eigenvalue weighted by Gasteiger charge is 2.25. The number of anilines is 1. The van der Waals surface area contributed by atoms with Gasteiger partial charge in [0.15, 0.2) is 5.56 Å². The zero-order valence-corrected chi connectivity index (χ0v) is 15.1. The molecule has 4 nitrogen and oxygen atoms in total. The molecule has 3 aromatic rings. The zero-order chi connectivity index (χ0) is 18.7. The van der Waals surface area contributed by atoms with Gasteiger partial charge < -0.3 is 9.32 Å². The maximum atomic E-state index is 12.6. The standard InChI is InChI=1S/C22H20N2O2/c1-15(2)24(3)20-18(14-23)22(25)26-21(17-12-8-5-9-13-17)19(20)16-10-6-4-7-11-16/h4-13,15H,1-3H3. The zero-order valence-electron chi connectivity index (χ0n) is 15.1. The van der Waals surface area contributed by atoms with Crippen LogP contribution in [0.15, 0.2) is 69.9 Å². The first-order valence-electron chi connectivity index (χ1n) is 8.49. The van der Waals surface area contributed by atoms with E-state index in [0.29, 0.717) is 11.4 Å². The summed E-state index contributed by atoms with van der Waals surface area (Å²) >= 11 is 0. The van der Waals surface area contributed by atoms with Crippen molar-refractivity contribution in [3.63, 3.8) is 0 Å². The smallest absolute Gasteiger partial charge is 0.356 e. The van der Waals surface area contributed by atoms with Gasteiger partial charge in [-0.1, -0.05) is 60.7 Å². The molecule has 1 aromatic heterocycles. The highest BCUT2D eigenvalue weighted by atomic mass is 16.4. The minimum atomic E-state index is -0.617. The summed E-state index contributed by atoms with van der Waals surface area (Å²) < 4.78 is 5.64. The summed E-state index contributed by atoms with van der Waals surface area (Å²) in [5.41, 5.74) is 2.46. The number of hydrogen-bond donors (Lipinski definition) is 0. The van der Waals surface area contributed by atoms with E-state index in [9.17, 15) is 10.1 Å². The SMILES string of the molecule is CC(C)N(C)c1c(-c2ccccc2)c(-c2ccccc2)oc(=O)c1C#N. The average Bonchev–Trinajstić information content (AvgIpc) is 2.67. The second-order valence-corrected chi connectivity index (χ2v) is 6.37. The lowest BCUT2D eigenvalue weighted by Gasteiger charge is -2.28. The molecule has 0 saturated carbocycles. The van der Waals surface area contributed by atoms with Crippen molar-refractivity contribution < 1.29 is 4.42 Å². The second-order valence-electron chi connectivity index (χ2n) is 6.37. The third kappa shape index (κ3) is 3.12. The van der Waals surface area contributed by atoms with E-state index in [-0.39, 0.29) is 11.6 Å². The van der Waals surface area contributed by atoms with Crippen LogP contribution in [0.5, 0.6) is 0 Å². The summed E-state index contributed by atoms with van der Waals surface area (Å²) in [7, 11) is 1.89. The lowest BCUT2D eigenvalue weighted by atomic mass is 9.96. The van der Waals surface area contributed by atoms with Crippen molar-refractivity contribution in [2.24, 2.45) is 0 Å². The van der Waals surface area contributed by atoms with Crippen LogP contribution in [0.2, 0.25) is 0 Å². The number of rotatable bonds is 4. The Kier molecular flexibility index (Phi) is 4.90. The van der Waals surface area contributed by atoms with Crippen LogP contribution >= 0.6 is 0 Å². The quantitative estimate of drug-likeness (QED) is 0.689. The van der Waals surface area contributed by atoms with E-state index < -0.39 is 5.63 Å². The van der Waals surface area contributed by atoms with E-state index >= 15 is 0 Å². The van der Waals surface area contributed by atoms with Crippen LogP contribution in [-0.4, -0.2) is 13.1 Å². The highest BCUT2D eigenvalue weighted by Crippen LogP contribution is 2.40. The number of nitrogens with zero attached hydrogens (tertiary/aromatic N) is 2. The van der Waals surface area contributed by atoms with Crippen LogP contribution in [0, 0.1) is 11.3 Å². The molecule has 0 aliphatic heterocycles. The molecular weight excluding hydrogens is 324 g/mol. The molecule has 0 atom stereocenters. The maximum absolute atomic E-state index is 12.6. The lowest BCUT2D eigenvalue weighted by Crippen LogP contribution is -2.29. The molecule has 0 unspecified atom stereocenters. The van der Waals surface area contributed by atoms with Crippen LogP contribution < -0.4 is 10.5 Å². The predicted octanol–water partition coefficient (Wildman–Crippen LogP) is 4.69. The molecule has 0 radical (unpaired) electrons. The van der Waals surface area contributed by atoms with Gasteiger partial charge >= 0.3 is 5.63 Å². The molecule has 130 valence electrons. The van der Waals surface area contributed by atoms with Crippen LogP contribution in [0.25, 0.3) is 22.5 Å². The third-order valence-corrected chi connectivity index (χ3v) is 4.44. The normalized spacial score (nSPS) is 10.6. The van der Waals surface area contributed by atoms with Crippen LogP contribution in [0.3, 0.4) is 0 Å². The van der Waals surface area contributed by atoms with Crippen LogP contribution in [0.1, 0.15) is 19.4 Å². The summed E-state index contributed by atoms with van der Waals surface area (Å²) in [5.74, 6) is 0.475. The Labute approximate surface area is 152 Å². The van der Waals surface area contributed by atoms with E-state index in [0.717, 1.165) is 16.7 Å². The van der Waals surface area contributed by atoms with Crippen molar-refractivity contribution in [3.05, 3.63) is 76.6 Å². The molecule has 26 heavy (non-hydrogen) atoms. The number of nitriles is 1. The van der Waals surface area contributed by atoms with Gasteiger partial charge in [0.1, 0.15) is 11.8 Å². The number of benzene rings is 2. The molecule has 0 N–H and O–H groups in total. The summed E-state index contributed by atoms with van der Waals surface area (Å²) in [4.78, 5) is 14.5. The minimum absolute atomic E-state index is 0.0275. The Hall–Kier alpha value is -3.32. The van der Waals surface area contributed by atoms with Crippen molar-refractivity contribution in [2.75, 3.05) is 11.9 Å². The van der Waals surface area contributed by atoms with Gasteiger partial charge in [0.2, 0.25) is 0 Å². The second kappa shape index (κ2) is 7.28. The summed E-state index contributed by atoms with van der Waals surface area (Å²) in [6.45, 7) is 4.04. The van der Waals surface area contributed by atoms with E-state index in [1.54, 1.807) is 0 Å². The Morgan fingerprint density at radius 2 is 1.50 bits per heavy atom. The maximum Gasteiger partial charge on any atom is 0.356 e. The molecular formula is C22H20N2O2. The first kappa shape index (κ1) is 17.5. The van der Waals surface area contributed by atoms with Crippen molar-refractivity contribution >= 4 is 5.69 Å². The summed E-state index contributed by atoms with van der Waals surface area (Å²) in [6, 6.07) is 21.4. The Bertz CT molecular complexity index is 1000. The van der Waals surface area contributed by atoms with Gasteiger partial charge in [0.25, 0.3) is 0 Å². The van der Waals surface area contributed by atoms with Gasteiger partial charge in [-0.25, -0.2) is 4.79 Å². The monoisotopic (exact) mass is 344 g/mol. The van der Waals surface area contributed by atoms with E-state index in [1.165, 1.54) is 0 Å². The van der Waals surface area contributed by atoms with Gasteiger partial charge in [-0.05, 0) is 19.4 Å². The third-order valence-electron chi connectivity index (χ3n) is 4.44. The largest absolute Gasteiger partial charge is 0.421 e. The predicted molar refractivity (Wildman–Crippen MR) is 104 cm³/mol.